The van der Waals surface area contributed by atoms with Gasteiger partial charge in [-0.15, -0.1) is 0 Å². The highest BCUT2D eigenvalue weighted by atomic mass is 16.7. The molecular formula is C18H22N4O3. The Labute approximate surface area is 147 Å². The SMILES string of the molecule is Cc1ncc(C(=O)NCC(c2ccc3c(c2)OCO3)N(C)C)c(C)n1. The lowest BCUT2D eigenvalue weighted by Crippen LogP contribution is -2.35. The van der Waals surface area contributed by atoms with Crippen LogP contribution in [0.3, 0.4) is 0 Å². The van der Waals surface area contributed by atoms with Crippen molar-refractivity contribution in [1.29, 1.82) is 0 Å². The van der Waals surface area contributed by atoms with E-state index in [0.717, 1.165) is 17.1 Å². The fraction of sp³-hybridized carbons (Fsp3) is 0.389. The molecule has 0 spiro atoms. The van der Waals surface area contributed by atoms with Crippen molar-refractivity contribution >= 4 is 5.91 Å². The molecule has 3 rings (SSSR count). The molecule has 1 unspecified atom stereocenters. The summed E-state index contributed by atoms with van der Waals surface area (Å²) in [5, 5.41) is 2.97. The molecule has 0 aliphatic carbocycles. The average Bonchev–Trinajstić information content (AvgIpc) is 3.02. The van der Waals surface area contributed by atoms with E-state index in [9.17, 15) is 4.79 Å². The summed E-state index contributed by atoms with van der Waals surface area (Å²) in [6.45, 7) is 4.31. The van der Waals surface area contributed by atoms with Crippen molar-refractivity contribution in [3.63, 3.8) is 0 Å². The molecular weight excluding hydrogens is 320 g/mol. The minimum absolute atomic E-state index is 0.00474. The molecule has 7 heteroatoms. The molecule has 132 valence electrons. The zero-order valence-corrected chi connectivity index (χ0v) is 14.9. The molecule has 2 heterocycles. The summed E-state index contributed by atoms with van der Waals surface area (Å²) >= 11 is 0. The molecule has 0 saturated heterocycles. The molecule has 2 aromatic rings. The van der Waals surface area contributed by atoms with E-state index in [1.165, 1.54) is 0 Å². The number of likely N-dealkylation sites (N-methyl/N-ethyl adjacent to an activating group) is 1. The quantitative estimate of drug-likeness (QED) is 0.894. The number of ether oxygens (including phenoxy) is 2. The first-order valence-corrected chi connectivity index (χ1v) is 8.10. The highest BCUT2D eigenvalue weighted by Gasteiger charge is 2.21. The van der Waals surface area contributed by atoms with E-state index in [-0.39, 0.29) is 18.7 Å². The highest BCUT2D eigenvalue weighted by Crippen LogP contribution is 2.34. The number of nitrogens with zero attached hydrogens (tertiary/aromatic N) is 3. The maximum absolute atomic E-state index is 12.5. The summed E-state index contributed by atoms with van der Waals surface area (Å²) < 4.78 is 10.8. The fourth-order valence-corrected chi connectivity index (χ4v) is 2.81. The van der Waals surface area contributed by atoms with E-state index in [4.69, 9.17) is 9.47 Å². The van der Waals surface area contributed by atoms with Gasteiger partial charge in [-0.3, -0.25) is 4.79 Å². The van der Waals surface area contributed by atoms with Crippen LogP contribution in [0, 0.1) is 13.8 Å². The summed E-state index contributed by atoms with van der Waals surface area (Å²) in [6.07, 6.45) is 1.57. The second kappa shape index (κ2) is 7.06. The lowest BCUT2D eigenvalue weighted by Gasteiger charge is -2.25. The van der Waals surface area contributed by atoms with E-state index in [2.05, 4.69) is 20.2 Å². The number of benzene rings is 1. The van der Waals surface area contributed by atoms with Crippen LogP contribution in [0.1, 0.15) is 33.5 Å². The first-order chi connectivity index (χ1) is 12.0. The smallest absolute Gasteiger partial charge is 0.254 e. The van der Waals surface area contributed by atoms with Crippen LogP contribution in [0.5, 0.6) is 11.5 Å². The van der Waals surface area contributed by atoms with E-state index in [1.807, 2.05) is 39.2 Å². The molecule has 1 amide bonds. The average molecular weight is 342 g/mol. The van der Waals surface area contributed by atoms with Gasteiger partial charge in [0.05, 0.1) is 17.3 Å². The van der Waals surface area contributed by atoms with E-state index in [0.29, 0.717) is 23.6 Å². The first kappa shape index (κ1) is 17.2. The summed E-state index contributed by atoms with van der Waals surface area (Å²) in [4.78, 5) is 22.9. The molecule has 0 saturated carbocycles. The Morgan fingerprint density at radius 2 is 2.04 bits per heavy atom. The summed E-state index contributed by atoms with van der Waals surface area (Å²) in [6, 6.07) is 5.85. The summed E-state index contributed by atoms with van der Waals surface area (Å²) in [5.41, 5.74) is 2.22. The van der Waals surface area contributed by atoms with Crippen LogP contribution in [0.25, 0.3) is 0 Å². The Kier molecular flexibility index (Phi) is 4.85. The molecule has 0 fully saturated rings. The van der Waals surface area contributed by atoms with Crippen molar-refractivity contribution in [2.75, 3.05) is 27.4 Å². The molecule has 1 aromatic heterocycles. The van der Waals surface area contributed by atoms with E-state index in [1.54, 1.807) is 13.1 Å². The van der Waals surface area contributed by atoms with Gasteiger partial charge in [-0.1, -0.05) is 6.07 Å². The van der Waals surface area contributed by atoms with Crippen molar-refractivity contribution < 1.29 is 14.3 Å². The molecule has 1 aliphatic rings. The Morgan fingerprint density at radius 3 is 2.76 bits per heavy atom. The largest absolute Gasteiger partial charge is 0.454 e. The number of amides is 1. The van der Waals surface area contributed by atoms with Crippen LogP contribution in [0.15, 0.2) is 24.4 Å². The monoisotopic (exact) mass is 342 g/mol. The number of carbonyl (C=O) groups is 1. The van der Waals surface area contributed by atoms with Gasteiger partial charge in [-0.2, -0.15) is 0 Å². The predicted molar refractivity (Wildman–Crippen MR) is 92.8 cm³/mol. The molecule has 0 bridgehead atoms. The second-order valence-corrected chi connectivity index (χ2v) is 6.22. The number of fused-ring (bicyclic) bond motifs is 1. The Hall–Kier alpha value is -2.67. The van der Waals surface area contributed by atoms with Crippen molar-refractivity contribution in [2.24, 2.45) is 0 Å². The number of carbonyl (C=O) groups excluding carboxylic acids is 1. The van der Waals surface area contributed by atoms with Crippen molar-refractivity contribution in [1.82, 2.24) is 20.2 Å². The summed E-state index contributed by atoms with van der Waals surface area (Å²) in [7, 11) is 3.95. The minimum atomic E-state index is -0.176. The molecule has 1 aliphatic heterocycles. The second-order valence-electron chi connectivity index (χ2n) is 6.22. The Morgan fingerprint density at radius 1 is 1.28 bits per heavy atom. The molecule has 1 atom stereocenters. The van der Waals surface area contributed by atoms with Crippen molar-refractivity contribution in [3.05, 3.63) is 47.0 Å². The van der Waals surface area contributed by atoms with Gasteiger partial charge in [0.15, 0.2) is 11.5 Å². The molecule has 25 heavy (non-hydrogen) atoms. The highest BCUT2D eigenvalue weighted by molar-refractivity contribution is 5.94. The number of aryl methyl sites for hydroxylation is 2. The van der Waals surface area contributed by atoms with Crippen LogP contribution in [0.4, 0.5) is 0 Å². The zero-order chi connectivity index (χ0) is 18.0. The number of rotatable bonds is 5. The van der Waals surface area contributed by atoms with Crippen LogP contribution in [-0.2, 0) is 0 Å². The van der Waals surface area contributed by atoms with Crippen molar-refractivity contribution in [3.8, 4) is 11.5 Å². The minimum Gasteiger partial charge on any atom is -0.454 e. The van der Waals surface area contributed by atoms with Gasteiger partial charge in [-0.25, -0.2) is 9.97 Å². The third kappa shape index (κ3) is 3.71. The number of hydrogen-bond acceptors (Lipinski definition) is 6. The number of aromatic nitrogens is 2. The van der Waals surface area contributed by atoms with Crippen LogP contribution in [0.2, 0.25) is 0 Å². The van der Waals surface area contributed by atoms with Gasteiger partial charge in [-0.05, 0) is 45.6 Å². The van der Waals surface area contributed by atoms with E-state index >= 15 is 0 Å². The maximum atomic E-state index is 12.5. The Balaban J connectivity index is 1.73. The third-order valence-electron chi connectivity index (χ3n) is 4.21. The predicted octanol–water partition coefficient (Wildman–Crippen LogP) is 1.85. The van der Waals surface area contributed by atoms with Crippen LogP contribution in [-0.4, -0.2) is 48.2 Å². The van der Waals surface area contributed by atoms with Gasteiger partial charge in [0.1, 0.15) is 5.82 Å². The van der Waals surface area contributed by atoms with Gasteiger partial charge in [0, 0.05) is 12.7 Å². The molecule has 1 aromatic carbocycles. The topological polar surface area (TPSA) is 76.6 Å². The summed E-state index contributed by atoms with van der Waals surface area (Å²) in [5.74, 6) is 1.96. The molecule has 0 radical (unpaired) electrons. The van der Waals surface area contributed by atoms with Crippen molar-refractivity contribution in [2.45, 2.75) is 19.9 Å². The van der Waals surface area contributed by atoms with Gasteiger partial charge in [0.2, 0.25) is 6.79 Å². The van der Waals surface area contributed by atoms with Gasteiger partial charge >= 0.3 is 0 Å². The Bertz CT molecular complexity index is 792. The first-order valence-electron chi connectivity index (χ1n) is 8.10. The van der Waals surface area contributed by atoms with Crippen LogP contribution < -0.4 is 14.8 Å². The zero-order valence-electron chi connectivity index (χ0n) is 14.9. The van der Waals surface area contributed by atoms with Crippen LogP contribution >= 0.6 is 0 Å². The lowest BCUT2D eigenvalue weighted by atomic mass is 10.0. The number of hydrogen-bond donors (Lipinski definition) is 1. The van der Waals surface area contributed by atoms with Gasteiger partial charge in [0.25, 0.3) is 5.91 Å². The standard InChI is InChI=1S/C18H22N4O3/c1-11-14(8-19-12(2)21-11)18(23)20-9-15(22(3)4)13-5-6-16-17(7-13)25-10-24-16/h5-8,15H,9-10H2,1-4H3,(H,20,23). The van der Waals surface area contributed by atoms with E-state index < -0.39 is 0 Å². The normalized spacial score (nSPS) is 13.8. The molecule has 7 nitrogen and oxygen atoms in total. The number of nitrogens with one attached hydrogen (secondary N) is 1. The maximum Gasteiger partial charge on any atom is 0.254 e. The third-order valence-corrected chi connectivity index (χ3v) is 4.21. The molecule has 1 N–H and O–H groups in total. The van der Waals surface area contributed by atoms with Gasteiger partial charge < -0.3 is 19.7 Å². The lowest BCUT2D eigenvalue weighted by molar-refractivity contribution is 0.0940. The fourth-order valence-electron chi connectivity index (χ4n) is 2.81.